The molecule has 3 aromatic rings. The molecule has 1 unspecified atom stereocenters. The second-order valence-corrected chi connectivity index (χ2v) is 9.03. The monoisotopic (exact) mass is 552 g/mol. The number of carbonyl (C=O) groups excluding carboxylic acids is 1. The molecule has 10 nitrogen and oxygen atoms in total. The summed E-state index contributed by atoms with van der Waals surface area (Å²) in [5, 5.41) is 21.3. The lowest BCUT2D eigenvalue weighted by atomic mass is 10.1. The Kier molecular flexibility index (Phi) is 9.39. The number of ether oxygens (including phenoxy) is 3. The number of halogens is 1. The highest BCUT2D eigenvalue weighted by Crippen LogP contribution is 2.40. The Morgan fingerprint density at radius 1 is 0.950 bits per heavy atom. The smallest absolute Gasteiger partial charge is 0.346 e. The Labute approximate surface area is 229 Å². The lowest BCUT2D eigenvalue weighted by molar-refractivity contribution is -0.145. The van der Waals surface area contributed by atoms with E-state index < -0.39 is 23.9 Å². The number of amides is 1. The summed E-state index contributed by atoms with van der Waals surface area (Å²) in [6.45, 7) is 1.09. The Morgan fingerprint density at radius 2 is 1.68 bits per heavy atom. The normalized spacial score (nSPS) is 14.0. The van der Waals surface area contributed by atoms with Crippen molar-refractivity contribution in [3.8, 4) is 17.2 Å². The van der Waals surface area contributed by atoms with E-state index in [4.69, 9.17) is 19.3 Å². The van der Waals surface area contributed by atoms with Crippen molar-refractivity contribution < 1.29 is 43.2 Å². The third kappa shape index (κ3) is 7.62. The molecule has 1 atom stereocenters. The number of para-hydroxylation sites is 1. The summed E-state index contributed by atoms with van der Waals surface area (Å²) in [6.07, 6.45) is -0.330. The van der Waals surface area contributed by atoms with Crippen molar-refractivity contribution in [2.75, 3.05) is 36.5 Å². The number of anilines is 2. The fourth-order valence-electron chi connectivity index (χ4n) is 4.13. The van der Waals surface area contributed by atoms with Crippen molar-refractivity contribution in [2.24, 2.45) is 0 Å². The van der Waals surface area contributed by atoms with E-state index in [1.165, 1.54) is 12.1 Å². The van der Waals surface area contributed by atoms with E-state index in [1.807, 2.05) is 0 Å². The molecule has 1 amide bonds. The van der Waals surface area contributed by atoms with Gasteiger partial charge in [-0.15, -0.1) is 0 Å². The standard InChI is InChI=1S/C29H29FN2O8/c30-20-5-1-6-22(17-20)39-16-4-15-38-21-12-10-19(11-13-21)28(35)31-23-7-2-8-24-27(23)40-25(29(36)37)18-32(24)14-3-9-26(33)34/h1-2,5-8,10-13,17,25H,3-4,9,14-16,18H2,(H,31,35)(H,33,34)(H,36,37). The fraction of sp³-hybridized carbons (Fsp3) is 0.276. The van der Waals surface area contributed by atoms with E-state index in [9.17, 15) is 23.9 Å². The zero-order valence-corrected chi connectivity index (χ0v) is 21.5. The van der Waals surface area contributed by atoms with Gasteiger partial charge in [-0.3, -0.25) is 9.59 Å². The summed E-state index contributed by atoms with van der Waals surface area (Å²) in [5.74, 6) is -1.67. The molecule has 0 aromatic heterocycles. The molecule has 0 spiro atoms. The Hall–Kier alpha value is -4.80. The van der Waals surface area contributed by atoms with E-state index in [2.05, 4.69) is 5.32 Å². The van der Waals surface area contributed by atoms with Gasteiger partial charge < -0.3 is 34.6 Å². The molecule has 0 saturated carbocycles. The van der Waals surface area contributed by atoms with Crippen molar-refractivity contribution in [3.63, 3.8) is 0 Å². The predicted molar refractivity (Wildman–Crippen MR) is 144 cm³/mol. The maximum absolute atomic E-state index is 13.2. The zero-order chi connectivity index (χ0) is 28.5. The molecule has 1 aliphatic rings. The lowest BCUT2D eigenvalue weighted by Crippen LogP contribution is -2.45. The molecule has 0 radical (unpaired) electrons. The number of hydrogen-bond donors (Lipinski definition) is 3. The average molecular weight is 553 g/mol. The lowest BCUT2D eigenvalue weighted by Gasteiger charge is -2.35. The van der Waals surface area contributed by atoms with Crippen molar-refractivity contribution in [1.29, 1.82) is 0 Å². The van der Waals surface area contributed by atoms with Crippen molar-refractivity contribution in [1.82, 2.24) is 0 Å². The second-order valence-electron chi connectivity index (χ2n) is 9.03. The molecule has 0 fully saturated rings. The molecule has 1 aliphatic heterocycles. The van der Waals surface area contributed by atoms with Crippen LogP contribution in [0.4, 0.5) is 15.8 Å². The van der Waals surface area contributed by atoms with Crippen molar-refractivity contribution in [2.45, 2.75) is 25.4 Å². The zero-order valence-electron chi connectivity index (χ0n) is 21.5. The number of benzene rings is 3. The van der Waals surface area contributed by atoms with Gasteiger partial charge in [0.05, 0.1) is 31.1 Å². The van der Waals surface area contributed by atoms with Gasteiger partial charge in [0.25, 0.3) is 5.91 Å². The number of carbonyl (C=O) groups is 3. The van der Waals surface area contributed by atoms with Gasteiger partial charge in [-0.05, 0) is 55.0 Å². The molecule has 3 N–H and O–H groups in total. The van der Waals surface area contributed by atoms with Gasteiger partial charge in [-0.2, -0.15) is 0 Å². The fourth-order valence-corrected chi connectivity index (χ4v) is 4.13. The molecule has 40 heavy (non-hydrogen) atoms. The number of nitrogens with zero attached hydrogens (tertiary/aromatic N) is 1. The molecular formula is C29H29FN2O8. The first kappa shape index (κ1) is 28.2. The van der Waals surface area contributed by atoms with Gasteiger partial charge >= 0.3 is 11.9 Å². The molecule has 210 valence electrons. The van der Waals surface area contributed by atoms with Gasteiger partial charge in [0, 0.05) is 31.0 Å². The van der Waals surface area contributed by atoms with E-state index in [1.54, 1.807) is 59.5 Å². The van der Waals surface area contributed by atoms with Crippen LogP contribution in [0, 0.1) is 5.82 Å². The van der Waals surface area contributed by atoms with Gasteiger partial charge in [0.1, 0.15) is 17.3 Å². The first-order valence-electron chi connectivity index (χ1n) is 12.7. The molecule has 1 heterocycles. The van der Waals surface area contributed by atoms with Crippen LogP contribution >= 0.6 is 0 Å². The first-order chi connectivity index (χ1) is 19.3. The highest BCUT2D eigenvalue weighted by molar-refractivity contribution is 6.05. The Morgan fingerprint density at radius 3 is 2.38 bits per heavy atom. The molecule has 3 aromatic carbocycles. The van der Waals surface area contributed by atoms with Crippen LogP contribution in [-0.4, -0.2) is 60.5 Å². The maximum Gasteiger partial charge on any atom is 0.346 e. The number of hydrogen-bond acceptors (Lipinski definition) is 7. The van der Waals surface area contributed by atoms with Crippen LogP contribution in [0.2, 0.25) is 0 Å². The summed E-state index contributed by atoms with van der Waals surface area (Å²) in [4.78, 5) is 37.3. The van der Waals surface area contributed by atoms with Gasteiger partial charge in [0.15, 0.2) is 5.75 Å². The Balaban J connectivity index is 1.34. The van der Waals surface area contributed by atoms with Crippen molar-refractivity contribution >= 4 is 29.2 Å². The number of aliphatic carboxylic acids is 2. The summed E-state index contributed by atoms with van der Waals surface area (Å²) in [6, 6.07) is 17.5. The summed E-state index contributed by atoms with van der Waals surface area (Å²) < 4.78 is 30.1. The van der Waals surface area contributed by atoms with Crippen LogP contribution in [0.1, 0.15) is 29.6 Å². The van der Waals surface area contributed by atoms with Crippen LogP contribution in [0.25, 0.3) is 0 Å². The summed E-state index contributed by atoms with van der Waals surface area (Å²) in [5.41, 5.74) is 1.23. The van der Waals surface area contributed by atoms with Crippen LogP contribution < -0.4 is 24.4 Å². The summed E-state index contributed by atoms with van der Waals surface area (Å²) in [7, 11) is 0. The minimum atomic E-state index is -1.17. The SMILES string of the molecule is O=C(O)CCCN1CC(C(=O)O)Oc2c(NC(=O)c3ccc(OCCCOc4cccc(F)c4)cc3)cccc21. The molecule has 11 heteroatoms. The summed E-state index contributed by atoms with van der Waals surface area (Å²) >= 11 is 0. The highest BCUT2D eigenvalue weighted by atomic mass is 19.1. The minimum Gasteiger partial charge on any atom is -0.493 e. The maximum atomic E-state index is 13.2. The third-order valence-electron chi connectivity index (χ3n) is 6.06. The van der Waals surface area contributed by atoms with E-state index in [0.717, 1.165) is 0 Å². The average Bonchev–Trinajstić information content (AvgIpc) is 2.93. The topological polar surface area (TPSA) is 135 Å². The first-order valence-corrected chi connectivity index (χ1v) is 12.7. The Bertz CT molecular complexity index is 1350. The third-order valence-corrected chi connectivity index (χ3v) is 6.06. The van der Waals surface area contributed by atoms with Gasteiger partial charge in [-0.25, -0.2) is 9.18 Å². The quantitative estimate of drug-likeness (QED) is 0.263. The highest BCUT2D eigenvalue weighted by Gasteiger charge is 2.32. The van der Waals surface area contributed by atoms with Gasteiger partial charge in [-0.1, -0.05) is 12.1 Å². The second kappa shape index (κ2) is 13.3. The van der Waals surface area contributed by atoms with Crippen molar-refractivity contribution in [3.05, 3.63) is 78.1 Å². The molecule has 4 rings (SSSR count). The van der Waals surface area contributed by atoms with Crippen LogP contribution in [0.3, 0.4) is 0 Å². The number of carboxylic acids is 2. The number of rotatable bonds is 13. The van der Waals surface area contributed by atoms with Gasteiger partial charge in [0.2, 0.25) is 6.10 Å². The molecular weight excluding hydrogens is 523 g/mol. The van der Waals surface area contributed by atoms with E-state index in [0.29, 0.717) is 61.0 Å². The number of nitrogens with one attached hydrogen (secondary N) is 1. The molecule has 0 bridgehead atoms. The number of carboxylic acid groups (broad SMARTS) is 2. The minimum absolute atomic E-state index is 0.0523. The van der Waals surface area contributed by atoms with E-state index >= 15 is 0 Å². The van der Waals surface area contributed by atoms with E-state index in [-0.39, 0.29) is 24.5 Å². The predicted octanol–water partition coefficient (Wildman–Crippen LogP) is 4.44. The number of fused-ring (bicyclic) bond motifs is 1. The van der Waals surface area contributed by atoms with Crippen LogP contribution in [-0.2, 0) is 9.59 Å². The molecule has 0 saturated heterocycles. The largest absolute Gasteiger partial charge is 0.493 e. The van der Waals surface area contributed by atoms with Crippen LogP contribution in [0.5, 0.6) is 17.2 Å². The van der Waals surface area contributed by atoms with Crippen LogP contribution in [0.15, 0.2) is 66.7 Å². The molecule has 0 aliphatic carbocycles.